The summed E-state index contributed by atoms with van der Waals surface area (Å²) in [7, 11) is 0. The minimum absolute atomic E-state index is 0.156. The van der Waals surface area contributed by atoms with E-state index in [9.17, 15) is 9.59 Å². The van der Waals surface area contributed by atoms with Crippen LogP contribution >= 0.6 is 0 Å². The van der Waals surface area contributed by atoms with Gasteiger partial charge in [0.15, 0.2) is 5.84 Å². The molecule has 3 aliphatic rings. The van der Waals surface area contributed by atoms with Gasteiger partial charge in [0, 0.05) is 18.5 Å². The molecule has 0 radical (unpaired) electrons. The van der Waals surface area contributed by atoms with Gasteiger partial charge < -0.3 is 19.3 Å². The van der Waals surface area contributed by atoms with Crippen molar-refractivity contribution in [2.45, 2.75) is 53.2 Å². The van der Waals surface area contributed by atoms with E-state index in [1.807, 2.05) is 51.7 Å². The van der Waals surface area contributed by atoms with Crippen LogP contribution in [0.3, 0.4) is 0 Å². The zero-order valence-electron chi connectivity index (χ0n) is 19.0. The van der Waals surface area contributed by atoms with E-state index < -0.39 is 5.60 Å². The number of rotatable bonds is 2. The van der Waals surface area contributed by atoms with E-state index in [0.29, 0.717) is 25.5 Å². The first-order chi connectivity index (χ1) is 14.4. The Hall–Kier alpha value is -3.03. The van der Waals surface area contributed by atoms with E-state index in [-0.39, 0.29) is 23.5 Å². The van der Waals surface area contributed by atoms with Crippen molar-refractivity contribution < 1.29 is 19.1 Å². The van der Waals surface area contributed by atoms with E-state index >= 15 is 0 Å². The molecule has 31 heavy (non-hydrogen) atoms. The van der Waals surface area contributed by atoms with E-state index in [0.717, 1.165) is 28.1 Å². The molecule has 0 unspecified atom stereocenters. The third-order valence-electron chi connectivity index (χ3n) is 6.05. The van der Waals surface area contributed by atoms with Gasteiger partial charge in [-0.2, -0.15) is 5.10 Å². The summed E-state index contributed by atoms with van der Waals surface area (Å²) in [5.41, 5.74) is 5.55. The van der Waals surface area contributed by atoms with E-state index in [2.05, 4.69) is 24.0 Å². The maximum Gasteiger partial charge on any atom is 0.410 e. The second-order valence-electron chi connectivity index (χ2n) is 9.85. The zero-order valence-corrected chi connectivity index (χ0v) is 19.0. The minimum atomic E-state index is -0.522. The van der Waals surface area contributed by atoms with E-state index in [1.165, 1.54) is 0 Å². The SMILES string of the molecule is C=C(c1cc2c(cc1C)OCC1=NNC(=O)[C@H](C)N12)C1(C)CN(C(=O)OC(C)(C)C)C1. The van der Waals surface area contributed by atoms with Gasteiger partial charge in [0.05, 0.1) is 5.69 Å². The molecule has 0 aliphatic carbocycles. The highest BCUT2D eigenvalue weighted by Gasteiger charge is 2.46. The summed E-state index contributed by atoms with van der Waals surface area (Å²) in [6, 6.07) is 3.62. The van der Waals surface area contributed by atoms with Crippen LogP contribution in [0.15, 0.2) is 23.8 Å². The Kier molecular flexibility index (Phi) is 4.79. The Labute approximate surface area is 182 Å². The highest BCUT2D eigenvalue weighted by Crippen LogP contribution is 2.46. The van der Waals surface area contributed by atoms with Crippen LogP contribution in [0.4, 0.5) is 10.5 Å². The number of carbonyl (C=O) groups is 2. The Morgan fingerprint density at radius 3 is 2.68 bits per heavy atom. The van der Waals surface area contributed by atoms with Crippen molar-refractivity contribution >= 4 is 29.1 Å². The van der Waals surface area contributed by atoms with Crippen LogP contribution in [0.2, 0.25) is 0 Å². The average molecular weight is 427 g/mol. The van der Waals surface area contributed by atoms with Crippen molar-refractivity contribution in [3.8, 4) is 5.75 Å². The number of hydrogen-bond donors (Lipinski definition) is 1. The molecule has 166 valence electrons. The lowest BCUT2D eigenvalue weighted by atomic mass is 9.72. The minimum Gasteiger partial charge on any atom is -0.483 e. The summed E-state index contributed by atoms with van der Waals surface area (Å²) in [6.07, 6.45) is -0.303. The summed E-state index contributed by atoms with van der Waals surface area (Å²) in [6.45, 7) is 17.3. The fourth-order valence-corrected chi connectivity index (χ4v) is 4.27. The van der Waals surface area contributed by atoms with Gasteiger partial charge >= 0.3 is 6.09 Å². The third-order valence-corrected chi connectivity index (χ3v) is 6.05. The number of nitrogens with one attached hydrogen (secondary N) is 1. The maximum atomic E-state index is 12.4. The highest BCUT2D eigenvalue weighted by atomic mass is 16.6. The monoisotopic (exact) mass is 426 g/mol. The summed E-state index contributed by atoms with van der Waals surface area (Å²) in [5, 5.41) is 4.15. The van der Waals surface area contributed by atoms with E-state index in [4.69, 9.17) is 9.47 Å². The van der Waals surface area contributed by atoms with Crippen molar-refractivity contribution in [3.05, 3.63) is 29.8 Å². The molecule has 1 N–H and O–H groups in total. The van der Waals surface area contributed by atoms with Gasteiger partial charge in [-0.25, -0.2) is 10.2 Å². The van der Waals surface area contributed by atoms with Crippen LogP contribution in [0.1, 0.15) is 45.7 Å². The number of likely N-dealkylation sites (tertiary alicyclic amines) is 1. The number of benzene rings is 1. The largest absolute Gasteiger partial charge is 0.483 e. The molecule has 1 atom stereocenters. The number of ether oxygens (including phenoxy) is 2. The summed E-state index contributed by atoms with van der Waals surface area (Å²) < 4.78 is 11.4. The quantitative estimate of drug-likeness (QED) is 0.785. The molecular weight excluding hydrogens is 396 g/mol. The molecule has 8 nitrogen and oxygen atoms in total. The molecule has 0 aromatic heterocycles. The number of nitrogens with zero attached hydrogens (tertiary/aromatic N) is 3. The van der Waals surface area contributed by atoms with E-state index in [1.54, 1.807) is 4.90 Å². The van der Waals surface area contributed by atoms with Gasteiger partial charge in [0.25, 0.3) is 5.91 Å². The standard InChI is InChI=1S/C23H30N4O4/c1-13-8-18-17(27-15(3)20(28)25-24-19(27)10-30-18)9-16(13)14(2)23(7)11-26(12-23)21(29)31-22(4,5)6/h8-9,15H,2,10-12H2,1,3-7H3,(H,25,28)/t15-/m0/s1. The van der Waals surface area contributed by atoms with Crippen LogP contribution in [0.5, 0.6) is 5.75 Å². The fourth-order valence-electron chi connectivity index (χ4n) is 4.27. The topological polar surface area (TPSA) is 83.5 Å². The smallest absolute Gasteiger partial charge is 0.410 e. The number of fused-ring (bicyclic) bond motifs is 3. The van der Waals surface area contributed by atoms with Crippen LogP contribution in [-0.4, -0.2) is 54.1 Å². The van der Waals surface area contributed by atoms with Crippen molar-refractivity contribution in [3.63, 3.8) is 0 Å². The Morgan fingerprint density at radius 2 is 2.03 bits per heavy atom. The van der Waals surface area contributed by atoms with Gasteiger partial charge in [-0.3, -0.25) is 4.79 Å². The zero-order chi connectivity index (χ0) is 22.7. The van der Waals surface area contributed by atoms with Gasteiger partial charge in [-0.1, -0.05) is 13.5 Å². The van der Waals surface area contributed by atoms with Crippen LogP contribution in [-0.2, 0) is 9.53 Å². The number of aryl methyl sites for hydroxylation is 1. The predicted molar refractivity (Wildman–Crippen MR) is 119 cm³/mol. The highest BCUT2D eigenvalue weighted by molar-refractivity contribution is 6.09. The number of amidine groups is 1. The van der Waals surface area contributed by atoms with Gasteiger partial charge in [0.2, 0.25) is 0 Å². The summed E-state index contributed by atoms with van der Waals surface area (Å²) >= 11 is 0. The number of hydrazone groups is 1. The van der Waals surface area contributed by atoms with Gasteiger partial charge in [-0.05, 0) is 63.5 Å². The molecule has 1 saturated heterocycles. The number of hydrogen-bond acceptors (Lipinski definition) is 6. The van der Waals surface area contributed by atoms with Crippen LogP contribution in [0.25, 0.3) is 5.57 Å². The molecule has 3 aliphatic heterocycles. The number of amides is 2. The molecule has 1 aromatic rings. The second-order valence-corrected chi connectivity index (χ2v) is 9.85. The molecule has 0 bridgehead atoms. The van der Waals surface area contributed by atoms with Crippen LogP contribution in [0, 0.1) is 12.3 Å². The molecule has 8 heteroatoms. The fraction of sp³-hybridized carbons (Fsp3) is 0.522. The molecular formula is C23H30N4O4. The average Bonchev–Trinajstić information content (AvgIpc) is 2.65. The lowest BCUT2D eigenvalue weighted by Gasteiger charge is -2.49. The van der Waals surface area contributed by atoms with Crippen molar-refractivity contribution in [1.82, 2.24) is 10.3 Å². The summed E-state index contributed by atoms with van der Waals surface area (Å²) in [4.78, 5) is 28.2. The van der Waals surface area contributed by atoms with Crippen molar-refractivity contribution in [1.29, 1.82) is 0 Å². The predicted octanol–water partition coefficient (Wildman–Crippen LogP) is 3.30. The molecule has 1 aromatic carbocycles. The Bertz CT molecular complexity index is 1000. The third kappa shape index (κ3) is 3.64. The van der Waals surface area contributed by atoms with Crippen molar-refractivity contribution in [2.24, 2.45) is 10.5 Å². The molecule has 4 rings (SSSR count). The first kappa shape index (κ1) is 21.2. The lowest BCUT2D eigenvalue weighted by Crippen LogP contribution is -2.58. The molecule has 2 amide bonds. The number of carbonyl (C=O) groups excluding carboxylic acids is 2. The van der Waals surface area contributed by atoms with Gasteiger partial charge in [0.1, 0.15) is 24.0 Å². The first-order valence-corrected chi connectivity index (χ1v) is 10.5. The molecule has 0 spiro atoms. The molecule has 0 saturated carbocycles. The second kappa shape index (κ2) is 7.00. The van der Waals surface area contributed by atoms with Crippen LogP contribution < -0.4 is 15.1 Å². The van der Waals surface area contributed by atoms with Crippen molar-refractivity contribution in [2.75, 3.05) is 24.6 Å². The summed E-state index contributed by atoms with van der Waals surface area (Å²) in [5.74, 6) is 1.24. The lowest BCUT2D eigenvalue weighted by molar-refractivity contribution is -0.122. The Morgan fingerprint density at radius 1 is 1.35 bits per heavy atom. The molecule has 3 heterocycles. The maximum absolute atomic E-state index is 12.4. The molecule has 1 fully saturated rings. The Balaban J connectivity index is 1.59. The first-order valence-electron chi connectivity index (χ1n) is 10.5. The normalized spacial score (nSPS) is 21.7. The number of anilines is 1. The van der Waals surface area contributed by atoms with Gasteiger partial charge in [-0.15, -0.1) is 0 Å².